The van der Waals surface area contributed by atoms with Crippen molar-refractivity contribution >= 4 is 42.7 Å². The Kier molecular flexibility index (Phi) is 3.61. The predicted octanol–water partition coefficient (Wildman–Crippen LogP) is 3.40. The Morgan fingerprint density at radius 3 is 2.73 bits per heavy atom. The Hall–Kier alpha value is -2.00. The van der Waals surface area contributed by atoms with Gasteiger partial charge in [-0.3, -0.25) is 4.72 Å². The lowest BCUT2D eigenvalue weighted by Crippen LogP contribution is -2.14. The van der Waals surface area contributed by atoms with E-state index in [1.54, 1.807) is 12.3 Å². The van der Waals surface area contributed by atoms with Crippen LogP contribution >= 0.6 is 15.9 Å². The minimum atomic E-state index is -4.19. The van der Waals surface area contributed by atoms with Crippen LogP contribution in [0.1, 0.15) is 0 Å². The van der Waals surface area contributed by atoms with Gasteiger partial charge in [-0.2, -0.15) is 0 Å². The Balaban J connectivity index is 2.05. The van der Waals surface area contributed by atoms with Crippen molar-refractivity contribution in [1.82, 2.24) is 9.97 Å². The van der Waals surface area contributed by atoms with Crippen LogP contribution in [0.2, 0.25) is 0 Å². The summed E-state index contributed by atoms with van der Waals surface area (Å²) in [5.74, 6) is -2.01. The Bertz CT molecular complexity index is 973. The maximum atomic E-state index is 13.7. The number of rotatable bonds is 3. The van der Waals surface area contributed by atoms with Gasteiger partial charge in [-0.05, 0) is 34.1 Å². The van der Waals surface area contributed by atoms with Crippen LogP contribution < -0.4 is 4.72 Å². The number of hydrogen-bond acceptors (Lipinski definition) is 3. The van der Waals surface area contributed by atoms with Crippen molar-refractivity contribution in [2.75, 3.05) is 4.72 Å². The number of H-pyrrole nitrogens is 1. The fraction of sp³-hybridized carbons (Fsp3) is 0. The van der Waals surface area contributed by atoms with Gasteiger partial charge in [-0.15, -0.1) is 0 Å². The first-order chi connectivity index (χ1) is 10.4. The number of fused-ring (bicyclic) bond motifs is 1. The van der Waals surface area contributed by atoms with Crippen molar-refractivity contribution < 1.29 is 17.2 Å². The average molecular weight is 388 g/mol. The molecule has 0 aliphatic rings. The molecule has 0 aliphatic carbocycles. The highest BCUT2D eigenvalue weighted by Gasteiger charge is 2.21. The zero-order chi connectivity index (χ0) is 15.9. The fourth-order valence-corrected chi connectivity index (χ4v) is 3.42. The lowest BCUT2D eigenvalue weighted by Gasteiger charge is -2.08. The monoisotopic (exact) mass is 387 g/mol. The molecule has 2 heterocycles. The third-order valence-electron chi connectivity index (χ3n) is 2.93. The topological polar surface area (TPSA) is 74.8 Å². The summed E-state index contributed by atoms with van der Waals surface area (Å²) < 4.78 is 54.0. The van der Waals surface area contributed by atoms with E-state index in [1.165, 1.54) is 6.20 Å². The smallest absolute Gasteiger partial charge is 0.264 e. The molecule has 2 N–H and O–H groups in total. The molecular formula is C13H8BrF2N3O2S. The van der Waals surface area contributed by atoms with E-state index < -0.39 is 26.6 Å². The van der Waals surface area contributed by atoms with Crippen LogP contribution in [0.15, 0.2) is 46.0 Å². The van der Waals surface area contributed by atoms with E-state index in [9.17, 15) is 17.2 Å². The van der Waals surface area contributed by atoms with Crippen molar-refractivity contribution in [3.63, 3.8) is 0 Å². The molecule has 3 rings (SSSR count). The zero-order valence-corrected chi connectivity index (χ0v) is 13.2. The molecule has 0 fully saturated rings. The van der Waals surface area contributed by atoms with Crippen LogP contribution in [0.25, 0.3) is 11.0 Å². The molecule has 5 nitrogen and oxygen atoms in total. The number of pyridine rings is 1. The summed E-state index contributed by atoms with van der Waals surface area (Å²) in [5.41, 5.74) is 0.688. The van der Waals surface area contributed by atoms with Gasteiger partial charge < -0.3 is 4.98 Å². The van der Waals surface area contributed by atoms with Crippen molar-refractivity contribution in [1.29, 1.82) is 0 Å². The molecule has 9 heteroatoms. The third-order valence-corrected chi connectivity index (χ3v) is 4.76. The van der Waals surface area contributed by atoms with E-state index in [-0.39, 0.29) is 5.69 Å². The standard InChI is InChI=1S/C13H8BrF2N3O2S/c14-7-3-9-11(6-18-13(9)17-5-7)19-22(20,21)12-2-1-8(15)4-10(12)16/h1-6,19H,(H,17,18). The first-order valence-corrected chi connectivity index (χ1v) is 8.25. The van der Waals surface area contributed by atoms with Gasteiger partial charge in [-0.25, -0.2) is 22.2 Å². The second-order valence-electron chi connectivity index (χ2n) is 4.43. The maximum Gasteiger partial charge on any atom is 0.264 e. The van der Waals surface area contributed by atoms with Gasteiger partial charge in [0.2, 0.25) is 0 Å². The van der Waals surface area contributed by atoms with Crippen LogP contribution in [-0.2, 0) is 10.0 Å². The third kappa shape index (κ3) is 2.69. The van der Waals surface area contributed by atoms with Crippen LogP contribution in [0, 0.1) is 11.6 Å². The average Bonchev–Trinajstić information content (AvgIpc) is 2.80. The van der Waals surface area contributed by atoms with Crippen molar-refractivity contribution in [3.8, 4) is 0 Å². The van der Waals surface area contributed by atoms with Gasteiger partial charge in [0.05, 0.1) is 5.69 Å². The number of aromatic amines is 1. The molecule has 3 aromatic rings. The molecule has 0 atom stereocenters. The fourth-order valence-electron chi connectivity index (χ4n) is 1.96. The number of hydrogen-bond donors (Lipinski definition) is 2. The normalized spacial score (nSPS) is 11.8. The van der Waals surface area contributed by atoms with E-state index in [4.69, 9.17) is 0 Å². The number of nitrogens with one attached hydrogen (secondary N) is 2. The second-order valence-corrected chi connectivity index (χ2v) is 7.00. The number of nitrogens with zero attached hydrogens (tertiary/aromatic N) is 1. The lowest BCUT2D eigenvalue weighted by molar-refractivity contribution is 0.551. The highest BCUT2D eigenvalue weighted by molar-refractivity contribution is 9.10. The van der Waals surface area contributed by atoms with Gasteiger partial charge in [0.25, 0.3) is 10.0 Å². The summed E-state index contributed by atoms with van der Waals surface area (Å²) in [7, 11) is -4.19. The number of benzene rings is 1. The maximum absolute atomic E-state index is 13.7. The van der Waals surface area contributed by atoms with Crippen molar-refractivity contribution in [2.45, 2.75) is 4.90 Å². The van der Waals surface area contributed by atoms with Crippen molar-refractivity contribution in [3.05, 3.63) is 52.8 Å². The summed E-state index contributed by atoms with van der Waals surface area (Å²) in [5, 5.41) is 0.514. The van der Waals surface area contributed by atoms with Crippen LogP contribution in [0.3, 0.4) is 0 Å². The Labute approximate surface area is 132 Å². The minimum absolute atomic E-state index is 0.215. The number of sulfonamides is 1. The quantitative estimate of drug-likeness (QED) is 0.722. The number of halogens is 3. The largest absolute Gasteiger partial charge is 0.344 e. The molecule has 0 bridgehead atoms. The van der Waals surface area contributed by atoms with Crippen LogP contribution in [0.5, 0.6) is 0 Å². The molecule has 0 radical (unpaired) electrons. The van der Waals surface area contributed by atoms with Gasteiger partial charge >= 0.3 is 0 Å². The number of aromatic nitrogens is 2. The second kappa shape index (κ2) is 5.33. The molecule has 0 spiro atoms. The van der Waals surface area contributed by atoms with E-state index in [1.807, 2.05) is 0 Å². The highest BCUT2D eigenvalue weighted by Crippen LogP contribution is 2.27. The number of anilines is 1. The van der Waals surface area contributed by atoms with E-state index in [2.05, 4.69) is 30.6 Å². The molecule has 0 aliphatic heterocycles. The summed E-state index contributed by atoms with van der Waals surface area (Å²) in [6.45, 7) is 0. The lowest BCUT2D eigenvalue weighted by atomic mass is 10.3. The molecule has 2 aromatic heterocycles. The summed E-state index contributed by atoms with van der Waals surface area (Å²) in [4.78, 5) is 6.24. The first-order valence-electron chi connectivity index (χ1n) is 5.97. The van der Waals surface area contributed by atoms with E-state index in [0.29, 0.717) is 21.6 Å². The summed E-state index contributed by atoms with van der Waals surface area (Å²) >= 11 is 3.24. The summed E-state index contributed by atoms with van der Waals surface area (Å²) in [6.07, 6.45) is 2.96. The van der Waals surface area contributed by atoms with Crippen LogP contribution in [-0.4, -0.2) is 18.4 Å². The molecule has 0 amide bonds. The van der Waals surface area contributed by atoms with Gasteiger partial charge in [0, 0.05) is 28.3 Å². The first kappa shape index (κ1) is 14.9. The van der Waals surface area contributed by atoms with E-state index in [0.717, 1.165) is 12.1 Å². The molecule has 0 saturated heterocycles. The van der Waals surface area contributed by atoms with Gasteiger partial charge in [-0.1, -0.05) is 0 Å². The van der Waals surface area contributed by atoms with Gasteiger partial charge in [0.15, 0.2) is 0 Å². The molecule has 0 saturated carbocycles. The van der Waals surface area contributed by atoms with Crippen molar-refractivity contribution in [2.24, 2.45) is 0 Å². The van der Waals surface area contributed by atoms with Gasteiger partial charge in [0.1, 0.15) is 22.2 Å². The molecule has 114 valence electrons. The Morgan fingerprint density at radius 2 is 2.00 bits per heavy atom. The van der Waals surface area contributed by atoms with E-state index >= 15 is 0 Å². The summed E-state index contributed by atoms with van der Waals surface area (Å²) in [6, 6.07) is 3.93. The van der Waals surface area contributed by atoms with Crippen LogP contribution in [0.4, 0.5) is 14.5 Å². The molecule has 22 heavy (non-hydrogen) atoms. The molecule has 0 unspecified atom stereocenters. The zero-order valence-electron chi connectivity index (χ0n) is 10.8. The molecule has 1 aromatic carbocycles. The minimum Gasteiger partial charge on any atom is -0.344 e. The Morgan fingerprint density at radius 1 is 1.23 bits per heavy atom. The molecular weight excluding hydrogens is 380 g/mol. The predicted molar refractivity (Wildman–Crippen MR) is 81.0 cm³/mol. The SMILES string of the molecule is O=S(=O)(Nc1c[nH]c2ncc(Br)cc12)c1ccc(F)cc1F. The highest BCUT2D eigenvalue weighted by atomic mass is 79.9.